The number of anilines is 1. The molecule has 1 heterocycles. The van der Waals surface area contributed by atoms with Crippen molar-refractivity contribution in [1.82, 2.24) is 0 Å². The van der Waals surface area contributed by atoms with Crippen LogP contribution in [0.15, 0.2) is 0 Å². The van der Waals surface area contributed by atoms with Gasteiger partial charge in [-0.25, -0.2) is 4.79 Å². The van der Waals surface area contributed by atoms with Crippen LogP contribution in [0.5, 0.6) is 0 Å². The van der Waals surface area contributed by atoms with Gasteiger partial charge in [0.05, 0.1) is 12.3 Å². The number of thiophene rings is 1. The summed E-state index contributed by atoms with van der Waals surface area (Å²) in [6.07, 6.45) is 3.20. The van der Waals surface area contributed by atoms with Gasteiger partial charge in [0, 0.05) is 4.88 Å². The van der Waals surface area contributed by atoms with Crippen LogP contribution in [0.3, 0.4) is 0 Å². The zero-order valence-electron chi connectivity index (χ0n) is 12.2. The number of nitrogen functional groups attached to an aromatic ring is 1. The smallest absolute Gasteiger partial charge is 0.350 e. The Bertz CT molecular complexity index is 485. The number of aryl methyl sites for hydroxylation is 1. The van der Waals surface area contributed by atoms with Gasteiger partial charge in [0.15, 0.2) is 0 Å². The summed E-state index contributed by atoms with van der Waals surface area (Å²) in [6, 6.07) is 0. The molecule has 0 saturated heterocycles. The molecule has 1 aliphatic carbocycles. The number of ether oxygens (including phenoxy) is 1. The molecule has 0 fully saturated rings. The number of nitrogens with two attached hydrogens (primary N) is 1. The second kappa shape index (κ2) is 5.16. The first-order valence-electron chi connectivity index (χ1n) is 6.91. The highest BCUT2D eigenvalue weighted by Crippen LogP contribution is 2.43. The van der Waals surface area contributed by atoms with Crippen molar-refractivity contribution in [2.45, 2.75) is 47.0 Å². The van der Waals surface area contributed by atoms with E-state index in [1.54, 1.807) is 0 Å². The Morgan fingerprint density at radius 3 is 2.74 bits per heavy atom. The summed E-state index contributed by atoms with van der Waals surface area (Å²) in [6.45, 7) is 9.04. The summed E-state index contributed by atoms with van der Waals surface area (Å²) in [4.78, 5) is 13.7. The van der Waals surface area contributed by atoms with Gasteiger partial charge in [0.1, 0.15) is 4.88 Å². The number of carbonyl (C=O) groups excluding carboxylic acids is 1. The average Bonchev–Trinajstić information content (AvgIpc) is 2.66. The highest BCUT2D eigenvalue weighted by molar-refractivity contribution is 7.14. The SMILES string of the molecule is CCOC(=O)c1sc2c(c1N)CC(C(C)(C)C)CC2. The molecule has 0 spiro atoms. The van der Waals surface area contributed by atoms with Crippen molar-refractivity contribution in [1.29, 1.82) is 0 Å². The van der Waals surface area contributed by atoms with Crippen LogP contribution in [0.1, 0.15) is 54.2 Å². The number of hydrogen-bond donors (Lipinski definition) is 1. The zero-order chi connectivity index (χ0) is 14.2. The molecular weight excluding hydrogens is 258 g/mol. The molecule has 0 amide bonds. The Kier molecular flexibility index (Phi) is 3.90. The summed E-state index contributed by atoms with van der Waals surface area (Å²) >= 11 is 1.52. The summed E-state index contributed by atoms with van der Waals surface area (Å²) in [7, 11) is 0. The van der Waals surface area contributed by atoms with E-state index in [1.165, 1.54) is 28.2 Å². The number of carbonyl (C=O) groups is 1. The van der Waals surface area contributed by atoms with Gasteiger partial charge in [0.2, 0.25) is 0 Å². The van der Waals surface area contributed by atoms with Gasteiger partial charge in [-0.1, -0.05) is 20.8 Å². The quantitative estimate of drug-likeness (QED) is 0.842. The summed E-state index contributed by atoms with van der Waals surface area (Å²) < 4.78 is 5.07. The minimum Gasteiger partial charge on any atom is -0.462 e. The lowest BCUT2D eigenvalue weighted by atomic mass is 9.72. The molecule has 1 atom stereocenters. The van der Waals surface area contributed by atoms with Crippen LogP contribution in [-0.4, -0.2) is 12.6 Å². The average molecular weight is 281 g/mol. The predicted octanol–water partition coefficient (Wildman–Crippen LogP) is 3.66. The lowest BCUT2D eigenvalue weighted by Crippen LogP contribution is -2.26. The molecule has 0 aromatic carbocycles. The van der Waals surface area contributed by atoms with E-state index >= 15 is 0 Å². The van der Waals surface area contributed by atoms with Crippen molar-refractivity contribution in [2.24, 2.45) is 11.3 Å². The maximum Gasteiger partial charge on any atom is 0.350 e. The first-order valence-corrected chi connectivity index (χ1v) is 7.73. The highest BCUT2D eigenvalue weighted by Gasteiger charge is 2.32. The molecule has 2 N–H and O–H groups in total. The summed E-state index contributed by atoms with van der Waals surface area (Å²) in [5.41, 5.74) is 8.31. The molecule has 1 unspecified atom stereocenters. The second-order valence-corrected chi connectivity index (χ2v) is 7.38. The van der Waals surface area contributed by atoms with E-state index in [2.05, 4.69) is 20.8 Å². The molecular formula is C15H23NO2S. The van der Waals surface area contributed by atoms with E-state index in [-0.39, 0.29) is 11.4 Å². The van der Waals surface area contributed by atoms with Crippen molar-refractivity contribution >= 4 is 23.0 Å². The van der Waals surface area contributed by atoms with Crippen molar-refractivity contribution in [3.63, 3.8) is 0 Å². The Balaban J connectivity index is 2.28. The fourth-order valence-electron chi connectivity index (χ4n) is 2.69. The monoisotopic (exact) mass is 281 g/mol. The molecule has 0 aliphatic heterocycles. The summed E-state index contributed by atoms with van der Waals surface area (Å²) in [5.74, 6) is 0.360. The van der Waals surface area contributed by atoms with E-state index in [0.717, 1.165) is 12.8 Å². The van der Waals surface area contributed by atoms with Gasteiger partial charge in [-0.3, -0.25) is 0 Å². The maximum absolute atomic E-state index is 11.9. The molecule has 1 aromatic rings. The fraction of sp³-hybridized carbons (Fsp3) is 0.667. The molecule has 0 saturated carbocycles. The Morgan fingerprint density at radius 1 is 1.47 bits per heavy atom. The number of esters is 1. The van der Waals surface area contributed by atoms with Gasteiger partial charge in [-0.15, -0.1) is 11.3 Å². The highest BCUT2D eigenvalue weighted by atomic mass is 32.1. The number of rotatable bonds is 2. The molecule has 4 heteroatoms. The first kappa shape index (κ1) is 14.4. The Labute approximate surface area is 119 Å². The van der Waals surface area contributed by atoms with Crippen LogP contribution in [0.2, 0.25) is 0 Å². The predicted molar refractivity (Wildman–Crippen MR) is 79.7 cm³/mol. The van der Waals surface area contributed by atoms with Gasteiger partial charge in [-0.05, 0) is 43.1 Å². The van der Waals surface area contributed by atoms with E-state index < -0.39 is 0 Å². The van der Waals surface area contributed by atoms with Gasteiger partial charge >= 0.3 is 5.97 Å². The maximum atomic E-state index is 11.9. The zero-order valence-corrected chi connectivity index (χ0v) is 13.0. The van der Waals surface area contributed by atoms with Crippen LogP contribution >= 0.6 is 11.3 Å². The molecule has 3 nitrogen and oxygen atoms in total. The van der Waals surface area contributed by atoms with E-state index in [1.807, 2.05) is 6.92 Å². The third-order valence-electron chi connectivity index (χ3n) is 3.99. The molecule has 106 valence electrons. The lowest BCUT2D eigenvalue weighted by Gasteiger charge is -2.34. The van der Waals surface area contributed by atoms with Crippen LogP contribution in [-0.2, 0) is 17.6 Å². The normalized spacial score (nSPS) is 19.1. The number of hydrogen-bond acceptors (Lipinski definition) is 4. The van der Waals surface area contributed by atoms with Crippen LogP contribution in [0.4, 0.5) is 5.69 Å². The fourth-order valence-corrected chi connectivity index (χ4v) is 3.85. The van der Waals surface area contributed by atoms with Crippen molar-refractivity contribution in [3.05, 3.63) is 15.3 Å². The molecule has 2 rings (SSSR count). The van der Waals surface area contributed by atoms with E-state index in [9.17, 15) is 4.79 Å². The van der Waals surface area contributed by atoms with E-state index in [4.69, 9.17) is 10.5 Å². The summed E-state index contributed by atoms with van der Waals surface area (Å²) in [5, 5.41) is 0. The van der Waals surface area contributed by atoms with Gasteiger partial charge in [-0.2, -0.15) is 0 Å². The van der Waals surface area contributed by atoms with E-state index in [0.29, 0.717) is 23.1 Å². The molecule has 0 radical (unpaired) electrons. The lowest BCUT2D eigenvalue weighted by molar-refractivity contribution is 0.0533. The van der Waals surface area contributed by atoms with Crippen molar-refractivity contribution < 1.29 is 9.53 Å². The third-order valence-corrected chi connectivity index (χ3v) is 5.28. The molecule has 19 heavy (non-hydrogen) atoms. The minimum absolute atomic E-state index is 0.272. The Morgan fingerprint density at radius 2 is 2.16 bits per heavy atom. The van der Waals surface area contributed by atoms with Crippen molar-refractivity contribution in [3.8, 4) is 0 Å². The van der Waals surface area contributed by atoms with Gasteiger partial charge in [0.25, 0.3) is 0 Å². The first-order chi connectivity index (χ1) is 8.84. The topological polar surface area (TPSA) is 52.3 Å². The molecule has 1 aliphatic rings. The molecule has 1 aromatic heterocycles. The molecule has 0 bridgehead atoms. The van der Waals surface area contributed by atoms with Crippen molar-refractivity contribution in [2.75, 3.05) is 12.3 Å². The van der Waals surface area contributed by atoms with Gasteiger partial charge < -0.3 is 10.5 Å². The second-order valence-electron chi connectivity index (χ2n) is 6.27. The Hall–Kier alpha value is -1.03. The minimum atomic E-state index is -0.272. The largest absolute Gasteiger partial charge is 0.462 e. The standard InChI is InChI=1S/C15H23NO2S/c1-5-18-14(17)13-12(16)10-8-9(15(2,3)4)6-7-11(10)19-13/h9H,5-8,16H2,1-4H3. The number of fused-ring (bicyclic) bond motifs is 1. The van der Waals surface area contributed by atoms with Crippen LogP contribution in [0.25, 0.3) is 0 Å². The van der Waals surface area contributed by atoms with Crippen LogP contribution in [0, 0.1) is 11.3 Å². The third kappa shape index (κ3) is 2.78. The van der Waals surface area contributed by atoms with Crippen LogP contribution < -0.4 is 5.73 Å².